The number of carbonyl (C=O) groups is 2. The van der Waals surface area contributed by atoms with Crippen LogP contribution in [0.3, 0.4) is 0 Å². The van der Waals surface area contributed by atoms with Crippen molar-refractivity contribution in [2.45, 2.75) is 45.6 Å². The topological polar surface area (TPSA) is 183 Å². The van der Waals surface area contributed by atoms with Crippen LogP contribution in [0.15, 0.2) is 41.7 Å². The number of aryl methyl sites for hydroxylation is 1. The molecule has 0 radical (unpaired) electrons. The largest absolute Gasteiger partial charge is 0.488 e. The molecule has 0 atom stereocenters. The Kier molecular flexibility index (Phi) is 8.10. The van der Waals surface area contributed by atoms with E-state index >= 15 is 0 Å². The number of rotatable bonds is 10. The molecule has 0 aromatic carbocycles. The molecule has 5 rings (SSSR count). The molecule has 4 heterocycles. The van der Waals surface area contributed by atoms with Crippen LogP contribution in [0, 0.1) is 6.92 Å². The first kappa shape index (κ1) is 27.6. The number of nitrogens with zero attached hydrogens (tertiary/aromatic N) is 6. The summed E-state index contributed by atoms with van der Waals surface area (Å²) in [5, 5.41) is 12.4. The summed E-state index contributed by atoms with van der Waals surface area (Å²) in [5.41, 5.74) is 2.55. The summed E-state index contributed by atoms with van der Waals surface area (Å²) in [5.74, 6) is 0.256. The fraction of sp³-hybridized carbons (Fsp3) is 0.333. The third-order valence-corrected chi connectivity index (χ3v) is 6.80. The number of nitrogens with one attached hydrogen (secondary N) is 2. The standard InChI is InChI=1S/C27H28N8O6/c1-15-20-14-29-26(33-23(20)35(18-5-3-4-6-18)25(38)22(15)16(2)36)32-21-8-7-19(13-28-21)40-9-10-41-27-30-11-17(12-31-27)24(37)34-39/h7-8,11-14,18,39H,3-6,9-10H2,1-2H3,(H,34,37)(H,28,29,32,33). The van der Waals surface area contributed by atoms with Crippen LogP contribution in [0.5, 0.6) is 11.8 Å². The number of pyridine rings is 2. The lowest BCUT2D eigenvalue weighted by Gasteiger charge is -2.19. The Morgan fingerprint density at radius 3 is 2.41 bits per heavy atom. The summed E-state index contributed by atoms with van der Waals surface area (Å²) < 4.78 is 12.7. The SMILES string of the molecule is CC(=O)c1c(C)c2cnc(Nc3ccc(OCCOc4ncc(C(=O)NO)cn4)cn3)nc2n(C2CCCC2)c1=O. The molecule has 41 heavy (non-hydrogen) atoms. The lowest BCUT2D eigenvalue weighted by molar-refractivity contribution is 0.0705. The van der Waals surface area contributed by atoms with Crippen molar-refractivity contribution in [3.05, 3.63) is 64.0 Å². The van der Waals surface area contributed by atoms with Crippen molar-refractivity contribution >= 4 is 34.5 Å². The summed E-state index contributed by atoms with van der Waals surface area (Å²) in [6, 6.07) is 3.46. The molecule has 1 amide bonds. The number of carbonyl (C=O) groups excluding carboxylic acids is 2. The number of ether oxygens (including phenoxy) is 2. The maximum Gasteiger partial charge on any atom is 0.316 e. The number of ketones is 1. The maximum absolute atomic E-state index is 13.4. The zero-order valence-electron chi connectivity index (χ0n) is 22.5. The molecule has 3 N–H and O–H groups in total. The maximum atomic E-state index is 13.4. The van der Waals surface area contributed by atoms with E-state index in [1.54, 1.807) is 29.8 Å². The van der Waals surface area contributed by atoms with Crippen molar-refractivity contribution in [2.75, 3.05) is 18.5 Å². The van der Waals surface area contributed by atoms with Crippen LogP contribution >= 0.6 is 0 Å². The Morgan fingerprint density at radius 2 is 1.76 bits per heavy atom. The van der Waals surface area contributed by atoms with E-state index in [9.17, 15) is 14.4 Å². The second-order valence-electron chi connectivity index (χ2n) is 9.50. The highest BCUT2D eigenvalue weighted by molar-refractivity contribution is 5.99. The highest BCUT2D eigenvalue weighted by atomic mass is 16.5. The van der Waals surface area contributed by atoms with E-state index in [1.165, 1.54) is 31.0 Å². The van der Waals surface area contributed by atoms with Gasteiger partial charge in [-0.2, -0.15) is 4.98 Å². The van der Waals surface area contributed by atoms with E-state index in [0.29, 0.717) is 28.2 Å². The van der Waals surface area contributed by atoms with Crippen LogP contribution in [0.4, 0.5) is 11.8 Å². The van der Waals surface area contributed by atoms with Gasteiger partial charge in [-0.05, 0) is 44.4 Å². The van der Waals surface area contributed by atoms with Crippen molar-refractivity contribution in [3.8, 4) is 11.8 Å². The molecule has 0 aliphatic heterocycles. The monoisotopic (exact) mass is 560 g/mol. The van der Waals surface area contributed by atoms with Gasteiger partial charge in [-0.1, -0.05) is 12.8 Å². The average Bonchev–Trinajstić information content (AvgIpc) is 3.50. The summed E-state index contributed by atoms with van der Waals surface area (Å²) in [4.78, 5) is 58.2. The normalized spacial score (nSPS) is 13.2. The number of fused-ring (bicyclic) bond motifs is 1. The van der Waals surface area contributed by atoms with Crippen LogP contribution < -0.4 is 25.8 Å². The quantitative estimate of drug-likeness (QED) is 0.112. The molecular weight excluding hydrogens is 532 g/mol. The molecular formula is C27H28N8O6. The van der Waals surface area contributed by atoms with Gasteiger partial charge in [0, 0.05) is 30.0 Å². The van der Waals surface area contributed by atoms with E-state index in [0.717, 1.165) is 25.7 Å². The third-order valence-electron chi connectivity index (χ3n) is 6.80. The van der Waals surface area contributed by atoms with E-state index in [-0.39, 0.29) is 53.7 Å². The Balaban J connectivity index is 1.25. The zero-order chi connectivity index (χ0) is 28.9. The molecule has 0 bridgehead atoms. The molecule has 1 saturated carbocycles. The minimum Gasteiger partial charge on any atom is -0.488 e. The minimum absolute atomic E-state index is 0.0105. The van der Waals surface area contributed by atoms with Crippen molar-refractivity contribution in [3.63, 3.8) is 0 Å². The Morgan fingerprint density at radius 1 is 1.02 bits per heavy atom. The Hall–Kier alpha value is -4.98. The predicted octanol–water partition coefficient (Wildman–Crippen LogP) is 2.92. The average molecular weight is 561 g/mol. The van der Waals surface area contributed by atoms with E-state index < -0.39 is 5.91 Å². The Bertz CT molecular complexity index is 1630. The fourth-order valence-corrected chi connectivity index (χ4v) is 4.83. The van der Waals surface area contributed by atoms with Gasteiger partial charge in [-0.25, -0.2) is 25.4 Å². The molecule has 1 fully saturated rings. The lowest BCUT2D eigenvalue weighted by atomic mass is 10.0. The summed E-state index contributed by atoms with van der Waals surface area (Å²) in [7, 11) is 0. The van der Waals surface area contributed by atoms with Gasteiger partial charge in [0.15, 0.2) is 5.78 Å². The van der Waals surface area contributed by atoms with Gasteiger partial charge < -0.3 is 14.8 Å². The third kappa shape index (κ3) is 5.96. The van der Waals surface area contributed by atoms with Crippen molar-refractivity contribution in [1.82, 2.24) is 35.0 Å². The highest BCUT2D eigenvalue weighted by Gasteiger charge is 2.25. The molecule has 14 heteroatoms. The van der Waals surface area contributed by atoms with Gasteiger partial charge in [0.1, 0.15) is 30.4 Å². The predicted molar refractivity (Wildman–Crippen MR) is 146 cm³/mol. The zero-order valence-corrected chi connectivity index (χ0v) is 22.5. The number of Topliss-reactive ketones (excluding diaryl/α,β-unsaturated/α-hetero) is 1. The Labute approximate surface area is 233 Å². The van der Waals surface area contributed by atoms with Gasteiger partial charge in [0.2, 0.25) is 5.95 Å². The molecule has 0 spiro atoms. The molecule has 4 aromatic rings. The minimum atomic E-state index is -0.722. The molecule has 1 aliphatic rings. The van der Waals surface area contributed by atoms with Gasteiger partial charge in [-0.15, -0.1) is 0 Å². The van der Waals surface area contributed by atoms with Crippen LogP contribution in [-0.4, -0.2) is 59.6 Å². The summed E-state index contributed by atoms with van der Waals surface area (Å²) >= 11 is 0. The van der Waals surface area contributed by atoms with Crippen LogP contribution in [-0.2, 0) is 0 Å². The van der Waals surface area contributed by atoms with Crippen LogP contribution in [0.2, 0.25) is 0 Å². The number of anilines is 2. The first-order valence-electron chi connectivity index (χ1n) is 13.0. The van der Waals surface area contributed by atoms with Gasteiger partial charge in [-0.3, -0.25) is 24.2 Å². The summed E-state index contributed by atoms with van der Waals surface area (Å²) in [6.45, 7) is 3.49. The van der Waals surface area contributed by atoms with Crippen molar-refractivity contribution < 1.29 is 24.3 Å². The van der Waals surface area contributed by atoms with Gasteiger partial charge in [0.05, 0.1) is 17.3 Å². The summed E-state index contributed by atoms with van der Waals surface area (Å²) in [6.07, 6.45) is 9.37. The second-order valence-corrected chi connectivity index (χ2v) is 9.50. The highest BCUT2D eigenvalue weighted by Crippen LogP contribution is 2.32. The fourth-order valence-electron chi connectivity index (χ4n) is 4.83. The molecule has 14 nitrogen and oxygen atoms in total. The second kappa shape index (κ2) is 12.0. The number of hydrogen-bond donors (Lipinski definition) is 3. The number of aromatic nitrogens is 6. The van der Waals surface area contributed by atoms with Crippen molar-refractivity contribution in [1.29, 1.82) is 0 Å². The van der Waals surface area contributed by atoms with E-state index in [1.807, 2.05) is 0 Å². The number of hydrogen-bond acceptors (Lipinski definition) is 12. The number of hydroxylamine groups is 1. The molecule has 212 valence electrons. The smallest absolute Gasteiger partial charge is 0.316 e. The van der Waals surface area contributed by atoms with E-state index in [2.05, 4.69) is 30.2 Å². The van der Waals surface area contributed by atoms with Gasteiger partial charge in [0.25, 0.3) is 11.5 Å². The van der Waals surface area contributed by atoms with Gasteiger partial charge >= 0.3 is 6.01 Å². The first-order valence-corrected chi connectivity index (χ1v) is 13.0. The van der Waals surface area contributed by atoms with Crippen molar-refractivity contribution in [2.24, 2.45) is 0 Å². The lowest BCUT2D eigenvalue weighted by Crippen LogP contribution is -2.30. The number of amides is 1. The van der Waals surface area contributed by atoms with E-state index in [4.69, 9.17) is 14.7 Å². The van der Waals surface area contributed by atoms with Crippen LogP contribution in [0.25, 0.3) is 11.0 Å². The molecule has 4 aromatic heterocycles. The molecule has 1 aliphatic carbocycles. The molecule has 0 unspecified atom stereocenters. The first-order chi connectivity index (χ1) is 19.9. The van der Waals surface area contributed by atoms with Crippen LogP contribution in [0.1, 0.15) is 64.9 Å². The molecule has 0 saturated heterocycles.